The minimum absolute atomic E-state index is 0.0234. The Morgan fingerprint density at radius 3 is 2.05 bits per heavy atom. The zero-order valence-electron chi connectivity index (χ0n) is 14.5. The minimum atomic E-state index is -0.513. The summed E-state index contributed by atoms with van der Waals surface area (Å²) < 4.78 is 12.2. The van der Waals surface area contributed by atoms with Crippen LogP contribution in [0, 0.1) is 0 Å². The van der Waals surface area contributed by atoms with Crippen molar-refractivity contribution in [2.24, 2.45) is 0 Å². The van der Waals surface area contributed by atoms with E-state index < -0.39 is 18.3 Å². The van der Waals surface area contributed by atoms with Crippen LogP contribution in [0.15, 0.2) is 24.3 Å². The smallest absolute Gasteiger partial charge is 0.399 e. The van der Waals surface area contributed by atoms with Gasteiger partial charge in [-0.25, -0.2) is 0 Å². The largest absolute Gasteiger partial charge is 0.495 e. The summed E-state index contributed by atoms with van der Waals surface area (Å²) >= 11 is 0. The molecule has 1 aromatic rings. The Kier molecular flexibility index (Phi) is 4.69. The number of carbonyl (C=O) groups is 1. The molecule has 5 heteroatoms. The monoisotopic (exact) mass is 303 g/mol. The third kappa shape index (κ3) is 2.92. The Morgan fingerprint density at radius 1 is 1.05 bits per heavy atom. The maximum Gasteiger partial charge on any atom is 0.495 e. The number of nitrogens with zero attached hydrogens (tertiary/aromatic N) is 1. The van der Waals surface area contributed by atoms with Gasteiger partial charge in [0.15, 0.2) is 0 Å². The summed E-state index contributed by atoms with van der Waals surface area (Å²) in [5.41, 5.74) is 0.634. The van der Waals surface area contributed by atoms with Gasteiger partial charge in [0.25, 0.3) is 5.91 Å². The first-order chi connectivity index (χ1) is 10.2. The summed E-state index contributed by atoms with van der Waals surface area (Å²) in [7, 11) is -0.513. The van der Waals surface area contributed by atoms with Gasteiger partial charge >= 0.3 is 7.12 Å². The van der Waals surface area contributed by atoms with Gasteiger partial charge in [0.1, 0.15) is 0 Å². The van der Waals surface area contributed by atoms with Gasteiger partial charge in [-0.05, 0) is 53.1 Å². The lowest BCUT2D eigenvalue weighted by atomic mass is 9.75. The Labute approximate surface area is 133 Å². The van der Waals surface area contributed by atoms with Crippen LogP contribution in [0.3, 0.4) is 0 Å². The van der Waals surface area contributed by atoms with E-state index in [1.807, 2.05) is 70.7 Å². The lowest BCUT2D eigenvalue weighted by Crippen LogP contribution is -2.41. The van der Waals surface area contributed by atoms with Crippen LogP contribution in [0.2, 0.25) is 0 Å². The molecule has 120 valence electrons. The number of amides is 1. The molecular formula is C17H26BNO3. The van der Waals surface area contributed by atoms with E-state index >= 15 is 0 Å². The summed E-state index contributed by atoms with van der Waals surface area (Å²) in [5.74, 6) is 0.0234. The Morgan fingerprint density at radius 2 is 1.55 bits per heavy atom. The van der Waals surface area contributed by atoms with Gasteiger partial charge in [0.2, 0.25) is 0 Å². The number of carbonyl (C=O) groups excluding carboxylic acids is 1. The molecule has 2 rings (SSSR count). The fourth-order valence-electron chi connectivity index (χ4n) is 2.55. The van der Waals surface area contributed by atoms with Crippen molar-refractivity contribution in [3.63, 3.8) is 0 Å². The fourth-order valence-corrected chi connectivity index (χ4v) is 2.55. The molecule has 0 bridgehead atoms. The van der Waals surface area contributed by atoms with E-state index in [4.69, 9.17) is 9.31 Å². The van der Waals surface area contributed by atoms with Gasteiger partial charge in [-0.2, -0.15) is 0 Å². The second-order valence-corrected chi connectivity index (χ2v) is 6.65. The van der Waals surface area contributed by atoms with E-state index in [0.29, 0.717) is 18.7 Å². The summed E-state index contributed by atoms with van der Waals surface area (Å²) in [6.07, 6.45) is 0. The van der Waals surface area contributed by atoms with Gasteiger partial charge in [0.05, 0.1) is 11.2 Å². The first kappa shape index (κ1) is 17.0. The quantitative estimate of drug-likeness (QED) is 0.802. The average Bonchev–Trinajstić information content (AvgIpc) is 2.68. The zero-order chi connectivity index (χ0) is 16.5. The van der Waals surface area contributed by atoms with Gasteiger partial charge in [0, 0.05) is 18.7 Å². The molecule has 0 aliphatic carbocycles. The zero-order valence-corrected chi connectivity index (χ0v) is 14.5. The van der Waals surface area contributed by atoms with E-state index in [1.54, 1.807) is 0 Å². The highest BCUT2D eigenvalue weighted by Gasteiger charge is 2.52. The lowest BCUT2D eigenvalue weighted by molar-refractivity contribution is 0.00578. The van der Waals surface area contributed by atoms with E-state index in [9.17, 15) is 4.79 Å². The van der Waals surface area contributed by atoms with E-state index in [0.717, 1.165) is 5.46 Å². The van der Waals surface area contributed by atoms with Crippen molar-refractivity contribution >= 4 is 18.5 Å². The van der Waals surface area contributed by atoms with Crippen LogP contribution in [0.1, 0.15) is 51.9 Å². The SMILES string of the molecule is CCN(CC)C(=O)c1ccccc1B1OC(C)(C)C(C)(C)O1. The highest BCUT2D eigenvalue weighted by Crippen LogP contribution is 2.36. The predicted octanol–water partition coefficient (Wildman–Crippen LogP) is 2.47. The third-order valence-corrected chi connectivity index (χ3v) is 4.75. The van der Waals surface area contributed by atoms with Crippen LogP contribution in [0.25, 0.3) is 0 Å². The summed E-state index contributed by atoms with van der Waals surface area (Å²) in [4.78, 5) is 14.5. The molecule has 0 atom stereocenters. The maximum atomic E-state index is 12.7. The lowest BCUT2D eigenvalue weighted by Gasteiger charge is -2.32. The van der Waals surface area contributed by atoms with E-state index in [1.165, 1.54) is 0 Å². The van der Waals surface area contributed by atoms with Crippen LogP contribution >= 0.6 is 0 Å². The van der Waals surface area contributed by atoms with Crippen LogP contribution in [-0.4, -0.2) is 42.2 Å². The van der Waals surface area contributed by atoms with Crippen molar-refractivity contribution in [2.45, 2.75) is 52.7 Å². The Balaban J connectivity index is 2.36. The fraction of sp³-hybridized carbons (Fsp3) is 0.588. The molecule has 1 amide bonds. The molecule has 0 saturated carbocycles. The first-order valence-electron chi connectivity index (χ1n) is 7.97. The highest BCUT2D eigenvalue weighted by atomic mass is 16.7. The van der Waals surface area contributed by atoms with Gasteiger partial charge < -0.3 is 14.2 Å². The topological polar surface area (TPSA) is 38.8 Å². The molecule has 1 aliphatic rings. The van der Waals surface area contributed by atoms with Crippen molar-refractivity contribution in [1.82, 2.24) is 4.90 Å². The normalized spacial score (nSPS) is 19.3. The molecule has 0 unspecified atom stereocenters. The van der Waals surface area contributed by atoms with E-state index in [-0.39, 0.29) is 5.91 Å². The molecule has 0 aromatic heterocycles. The number of rotatable bonds is 4. The van der Waals surface area contributed by atoms with Crippen LogP contribution < -0.4 is 5.46 Å². The second-order valence-electron chi connectivity index (χ2n) is 6.65. The molecule has 1 fully saturated rings. The van der Waals surface area contributed by atoms with Crippen molar-refractivity contribution in [3.8, 4) is 0 Å². The maximum absolute atomic E-state index is 12.7. The molecule has 1 saturated heterocycles. The Bertz CT molecular complexity index is 537. The van der Waals surface area contributed by atoms with Gasteiger partial charge in [-0.3, -0.25) is 4.79 Å². The summed E-state index contributed by atoms with van der Waals surface area (Å²) in [6.45, 7) is 13.4. The highest BCUT2D eigenvalue weighted by molar-refractivity contribution is 6.63. The molecule has 4 nitrogen and oxygen atoms in total. The molecule has 1 aliphatic heterocycles. The molecule has 0 spiro atoms. The van der Waals surface area contributed by atoms with Crippen LogP contribution in [0.5, 0.6) is 0 Å². The Hall–Kier alpha value is -1.33. The molecular weight excluding hydrogens is 277 g/mol. The standard InChI is InChI=1S/C17H26BNO3/c1-7-19(8-2)15(20)13-11-9-10-12-14(13)18-21-16(3,4)17(5,6)22-18/h9-12H,7-8H2,1-6H3. The number of hydrogen-bond donors (Lipinski definition) is 0. The molecule has 22 heavy (non-hydrogen) atoms. The number of benzene rings is 1. The third-order valence-electron chi connectivity index (χ3n) is 4.75. The van der Waals surface area contributed by atoms with Crippen LogP contribution in [-0.2, 0) is 9.31 Å². The first-order valence-corrected chi connectivity index (χ1v) is 7.97. The van der Waals surface area contributed by atoms with Crippen molar-refractivity contribution in [1.29, 1.82) is 0 Å². The number of hydrogen-bond acceptors (Lipinski definition) is 3. The van der Waals surface area contributed by atoms with Crippen molar-refractivity contribution in [3.05, 3.63) is 29.8 Å². The van der Waals surface area contributed by atoms with Crippen LogP contribution in [0.4, 0.5) is 0 Å². The van der Waals surface area contributed by atoms with Gasteiger partial charge in [-0.1, -0.05) is 18.2 Å². The van der Waals surface area contributed by atoms with E-state index in [2.05, 4.69) is 0 Å². The van der Waals surface area contributed by atoms with Crippen molar-refractivity contribution < 1.29 is 14.1 Å². The second kappa shape index (κ2) is 6.05. The molecule has 0 N–H and O–H groups in total. The average molecular weight is 303 g/mol. The predicted molar refractivity (Wildman–Crippen MR) is 89.4 cm³/mol. The van der Waals surface area contributed by atoms with Gasteiger partial charge in [-0.15, -0.1) is 0 Å². The van der Waals surface area contributed by atoms with Crippen molar-refractivity contribution in [2.75, 3.05) is 13.1 Å². The summed E-state index contributed by atoms with van der Waals surface area (Å²) in [6, 6.07) is 7.56. The summed E-state index contributed by atoms with van der Waals surface area (Å²) in [5, 5.41) is 0. The molecule has 0 radical (unpaired) electrons. The molecule has 1 heterocycles. The molecule has 1 aromatic carbocycles. The minimum Gasteiger partial charge on any atom is -0.399 e.